The van der Waals surface area contributed by atoms with Crippen molar-refractivity contribution < 1.29 is 22.8 Å². The van der Waals surface area contributed by atoms with E-state index in [1.165, 1.54) is 28.8 Å². The van der Waals surface area contributed by atoms with E-state index in [0.717, 1.165) is 25.0 Å². The molecule has 2 fully saturated rings. The summed E-state index contributed by atoms with van der Waals surface area (Å²) in [4.78, 5) is 27.3. The minimum absolute atomic E-state index is 0.0429. The average Bonchev–Trinajstić information content (AvgIpc) is 3.28. The van der Waals surface area contributed by atoms with Gasteiger partial charge in [-0.1, -0.05) is 12.1 Å². The number of alkyl halides is 3. The largest absolute Gasteiger partial charge is 0.416 e. The third-order valence-electron chi connectivity index (χ3n) is 4.09. The molecule has 3 rings (SSSR count). The average molecular weight is 358 g/mol. The fraction of sp³-hybridized carbons (Fsp3) is 0.500. The van der Waals surface area contributed by atoms with E-state index in [0.29, 0.717) is 17.2 Å². The standard InChI is InChI=1S/C16H17F3N2O2S/c17-16(18,19)12-3-1-11(2-4-12)7-21(13-5-6-13)14(22)8-20-10-24-9-15(20)23/h1-4,13H,5-10H2. The van der Waals surface area contributed by atoms with Gasteiger partial charge in [0, 0.05) is 12.6 Å². The molecule has 24 heavy (non-hydrogen) atoms. The molecule has 2 amide bonds. The van der Waals surface area contributed by atoms with E-state index in [2.05, 4.69) is 0 Å². The summed E-state index contributed by atoms with van der Waals surface area (Å²) in [6, 6.07) is 5.01. The monoisotopic (exact) mass is 358 g/mol. The third-order valence-corrected chi connectivity index (χ3v) is 5.04. The van der Waals surface area contributed by atoms with Crippen LogP contribution in [0.5, 0.6) is 0 Å². The molecule has 0 unspecified atom stereocenters. The van der Waals surface area contributed by atoms with Crippen LogP contribution in [0.2, 0.25) is 0 Å². The Kier molecular flexibility index (Phi) is 4.76. The first kappa shape index (κ1) is 17.1. The highest BCUT2D eigenvalue weighted by Gasteiger charge is 2.35. The lowest BCUT2D eigenvalue weighted by atomic mass is 10.1. The van der Waals surface area contributed by atoms with Crippen LogP contribution in [0.25, 0.3) is 0 Å². The van der Waals surface area contributed by atoms with Gasteiger partial charge in [0.05, 0.1) is 17.2 Å². The molecule has 1 aromatic carbocycles. The van der Waals surface area contributed by atoms with Crippen LogP contribution in [0.1, 0.15) is 24.0 Å². The molecule has 8 heteroatoms. The highest BCUT2D eigenvalue weighted by molar-refractivity contribution is 8.00. The Labute approximate surface area is 142 Å². The number of halogens is 3. The van der Waals surface area contributed by atoms with Crippen LogP contribution in [0.4, 0.5) is 13.2 Å². The number of hydrogen-bond acceptors (Lipinski definition) is 3. The van der Waals surface area contributed by atoms with E-state index in [-0.39, 0.29) is 30.9 Å². The first-order valence-electron chi connectivity index (χ1n) is 7.66. The minimum atomic E-state index is -4.36. The van der Waals surface area contributed by atoms with Gasteiger partial charge in [-0.15, -0.1) is 11.8 Å². The van der Waals surface area contributed by atoms with E-state index in [9.17, 15) is 22.8 Å². The number of hydrogen-bond donors (Lipinski definition) is 0. The number of amides is 2. The van der Waals surface area contributed by atoms with Crippen molar-refractivity contribution >= 4 is 23.6 Å². The first-order chi connectivity index (χ1) is 11.3. The lowest BCUT2D eigenvalue weighted by Crippen LogP contribution is -2.41. The molecule has 130 valence electrons. The second-order valence-corrected chi connectivity index (χ2v) is 6.97. The van der Waals surface area contributed by atoms with Crippen molar-refractivity contribution in [3.8, 4) is 0 Å². The summed E-state index contributed by atoms with van der Waals surface area (Å²) >= 11 is 1.47. The van der Waals surface area contributed by atoms with Gasteiger partial charge in [0.1, 0.15) is 6.54 Å². The van der Waals surface area contributed by atoms with Crippen molar-refractivity contribution in [1.29, 1.82) is 0 Å². The topological polar surface area (TPSA) is 40.6 Å². The Morgan fingerprint density at radius 1 is 1.25 bits per heavy atom. The lowest BCUT2D eigenvalue weighted by Gasteiger charge is -2.25. The Morgan fingerprint density at radius 2 is 1.92 bits per heavy atom. The second kappa shape index (κ2) is 6.66. The molecule has 0 radical (unpaired) electrons. The number of rotatable bonds is 5. The molecule has 4 nitrogen and oxygen atoms in total. The van der Waals surface area contributed by atoms with Gasteiger partial charge in [-0.2, -0.15) is 13.2 Å². The summed E-state index contributed by atoms with van der Waals surface area (Å²) in [6.45, 7) is 0.319. The Hall–Kier alpha value is -1.70. The maximum Gasteiger partial charge on any atom is 0.416 e. The molecule has 0 aromatic heterocycles. The van der Waals surface area contributed by atoms with Gasteiger partial charge in [-0.3, -0.25) is 9.59 Å². The van der Waals surface area contributed by atoms with Gasteiger partial charge in [-0.05, 0) is 30.5 Å². The van der Waals surface area contributed by atoms with Crippen molar-refractivity contribution in [1.82, 2.24) is 9.80 Å². The summed E-state index contributed by atoms with van der Waals surface area (Å²) < 4.78 is 37.8. The van der Waals surface area contributed by atoms with Crippen molar-refractivity contribution in [2.75, 3.05) is 18.2 Å². The van der Waals surface area contributed by atoms with E-state index < -0.39 is 11.7 Å². The molecule has 1 aliphatic carbocycles. The summed E-state index contributed by atoms with van der Waals surface area (Å²) in [5.41, 5.74) is -0.0411. The minimum Gasteiger partial charge on any atom is -0.334 e. The third kappa shape index (κ3) is 4.03. The van der Waals surface area contributed by atoms with Gasteiger partial charge in [0.2, 0.25) is 11.8 Å². The first-order valence-corrected chi connectivity index (χ1v) is 8.81. The van der Waals surface area contributed by atoms with Gasteiger partial charge in [-0.25, -0.2) is 0 Å². The zero-order chi connectivity index (χ0) is 17.3. The number of thioether (sulfide) groups is 1. The Bertz CT molecular complexity index is 629. The van der Waals surface area contributed by atoms with Crippen molar-refractivity contribution in [3.05, 3.63) is 35.4 Å². The van der Waals surface area contributed by atoms with E-state index >= 15 is 0 Å². The van der Waals surface area contributed by atoms with E-state index in [4.69, 9.17) is 0 Å². The molecular weight excluding hydrogens is 341 g/mol. The number of benzene rings is 1. The molecule has 0 N–H and O–H groups in total. The SMILES string of the molecule is O=C1CSCN1CC(=O)N(Cc1ccc(C(F)(F)F)cc1)C1CC1. The van der Waals surface area contributed by atoms with Gasteiger partial charge in [0.25, 0.3) is 0 Å². The molecular formula is C16H17F3N2O2S. The molecule has 1 heterocycles. The van der Waals surface area contributed by atoms with Crippen molar-refractivity contribution in [3.63, 3.8) is 0 Å². The highest BCUT2D eigenvalue weighted by Crippen LogP contribution is 2.31. The van der Waals surface area contributed by atoms with Crippen LogP contribution in [-0.2, 0) is 22.3 Å². The normalized spacial score (nSPS) is 18.1. The molecule has 1 saturated carbocycles. The zero-order valence-electron chi connectivity index (χ0n) is 12.9. The lowest BCUT2D eigenvalue weighted by molar-refractivity contribution is -0.139. The molecule has 0 atom stereocenters. The fourth-order valence-electron chi connectivity index (χ4n) is 2.60. The van der Waals surface area contributed by atoms with Crippen LogP contribution in [-0.4, -0.2) is 45.8 Å². The molecule has 1 aromatic rings. The highest BCUT2D eigenvalue weighted by atomic mass is 32.2. The van der Waals surface area contributed by atoms with Crippen molar-refractivity contribution in [2.24, 2.45) is 0 Å². The van der Waals surface area contributed by atoms with E-state index in [1.807, 2.05) is 0 Å². The molecule has 2 aliphatic rings. The molecule has 1 aliphatic heterocycles. The maximum absolute atomic E-state index is 12.6. The number of nitrogens with zero attached hydrogens (tertiary/aromatic N) is 2. The van der Waals surface area contributed by atoms with Crippen LogP contribution in [0.3, 0.4) is 0 Å². The van der Waals surface area contributed by atoms with E-state index in [1.54, 1.807) is 4.90 Å². The molecule has 0 bridgehead atoms. The number of carbonyl (C=O) groups excluding carboxylic acids is 2. The zero-order valence-corrected chi connectivity index (χ0v) is 13.7. The van der Waals surface area contributed by atoms with Crippen LogP contribution in [0.15, 0.2) is 24.3 Å². The van der Waals surface area contributed by atoms with Gasteiger partial charge in [0.15, 0.2) is 0 Å². The quantitative estimate of drug-likeness (QED) is 0.813. The van der Waals surface area contributed by atoms with Gasteiger partial charge >= 0.3 is 6.18 Å². The summed E-state index contributed by atoms with van der Waals surface area (Å²) in [5, 5.41) is 0. The smallest absolute Gasteiger partial charge is 0.334 e. The van der Waals surface area contributed by atoms with Gasteiger partial charge < -0.3 is 9.80 Å². The second-order valence-electron chi connectivity index (χ2n) is 6.02. The number of carbonyl (C=O) groups is 2. The van der Waals surface area contributed by atoms with Crippen LogP contribution >= 0.6 is 11.8 Å². The summed E-state index contributed by atoms with van der Waals surface area (Å²) in [6.07, 6.45) is -2.57. The van der Waals surface area contributed by atoms with Crippen LogP contribution < -0.4 is 0 Å². The van der Waals surface area contributed by atoms with Crippen molar-refractivity contribution in [2.45, 2.75) is 31.6 Å². The van der Waals surface area contributed by atoms with Crippen LogP contribution in [0, 0.1) is 0 Å². The molecule has 1 saturated heterocycles. The molecule has 0 spiro atoms. The summed E-state index contributed by atoms with van der Waals surface area (Å²) in [7, 11) is 0. The predicted octanol–water partition coefficient (Wildman–Crippen LogP) is 2.73. The Morgan fingerprint density at radius 3 is 2.42 bits per heavy atom. The Balaban J connectivity index is 1.65. The fourth-order valence-corrected chi connectivity index (χ4v) is 3.50. The maximum atomic E-state index is 12.6. The predicted molar refractivity (Wildman–Crippen MR) is 84.1 cm³/mol. The summed E-state index contributed by atoms with van der Waals surface area (Å²) in [5.74, 6) is 0.728.